The van der Waals surface area contributed by atoms with E-state index >= 15 is 0 Å². The zero-order chi connectivity index (χ0) is 20.9. The summed E-state index contributed by atoms with van der Waals surface area (Å²) in [6.07, 6.45) is 2.00. The number of urea groups is 1. The van der Waals surface area contributed by atoms with E-state index in [1.165, 1.54) is 23.1 Å². The lowest BCUT2D eigenvalue weighted by Crippen LogP contribution is -2.44. The second kappa shape index (κ2) is 6.73. The van der Waals surface area contributed by atoms with Crippen LogP contribution in [0.25, 0.3) is 0 Å². The van der Waals surface area contributed by atoms with Crippen LogP contribution in [0.2, 0.25) is 0 Å². The molecule has 144 valence electrons. The molecule has 1 aliphatic heterocycles. The number of nitrogens with zero attached hydrogens (tertiary/aromatic N) is 3. The molecule has 29 heavy (non-hydrogen) atoms. The standard InChI is InChI=1S/C22H19BFN3O2/c1-22(2)20(28)27(17-8-6-14(11-25)18(10-17)13-3-4-13)21(29)26(22)12-15-5-7-16(24)9-19(15)23/h5-10,13H,3-4,12H2,1-2H3. The fourth-order valence-corrected chi connectivity index (χ4v) is 3.73. The van der Waals surface area contributed by atoms with Crippen LogP contribution >= 0.6 is 0 Å². The summed E-state index contributed by atoms with van der Waals surface area (Å²) in [6.45, 7) is 3.45. The third kappa shape index (κ3) is 3.19. The third-order valence-electron chi connectivity index (χ3n) is 5.69. The molecule has 4 rings (SSSR count). The molecule has 2 aliphatic rings. The van der Waals surface area contributed by atoms with Crippen LogP contribution in [0.5, 0.6) is 0 Å². The Kier molecular flexibility index (Phi) is 4.46. The van der Waals surface area contributed by atoms with Crippen molar-refractivity contribution in [2.24, 2.45) is 0 Å². The topological polar surface area (TPSA) is 64.4 Å². The highest BCUT2D eigenvalue weighted by Gasteiger charge is 2.52. The lowest BCUT2D eigenvalue weighted by atomic mass is 9.89. The van der Waals surface area contributed by atoms with Crippen molar-refractivity contribution >= 4 is 30.9 Å². The van der Waals surface area contributed by atoms with Gasteiger partial charge in [0.25, 0.3) is 5.91 Å². The molecule has 2 fully saturated rings. The number of carbonyl (C=O) groups is 2. The van der Waals surface area contributed by atoms with Gasteiger partial charge in [0.2, 0.25) is 0 Å². The molecule has 0 N–H and O–H groups in total. The number of hydrogen-bond donors (Lipinski definition) is 0. The summed E-state index contributed by atoms with van der Waals surface area (Å²) in [5.74, 6) is -0.503. The summed E-state index contributed by atoms with van der Waals surface area (Å²) in [6, 6.07) is 10.8. The van der Waals surface area contributed by atoms with Gasteiger partial charge in [-0.3, -0.25) is 4.79 Å². The fourth-order valence-electron chi connectivity index (χ4n) is 3.73. The van der Waals surface area contributed by atoms with Gasteiger partial charge in [0.1, 0.15) is 19.2 Å². The van der Waals surface area contributed by atoms with Gasteiger partial charge < -0.3 is 4.90 Å². The largest absolute Gasteiger partial charge is 0.332 e. The van der Waals surface area contributed by atoms with Crippen molar-refractivity contribution < 1.29 is 14.0 Å². The van der Waals surface area contributed by atoms with Crippen LogP contribution in [-0.2, 0) is 11.3 Å². The molecule has 2 radical (unpaired) electrons. The minimum atomic E-state index is -1.09. The molecule has 0 aromatic heterocycles. The van der Waals surface area contributed by atoms with Crippen LogP contribution in [0.15, 0.2) is 36.4 Å². The van der Waals surface area contributed by atoms with Crippen molar-refractivity contribution in [2.45, 2.75) is 44.7 Å². The lowest BCUT2D eigenvalue weighted by Gasteiger charge is -2.28. The van der Waals surface area contributed by atoms with Gasteiger partial charge in [-0.15, -0.1) is 0 Å². The van der Waals surface area contributed by atoms with E-state index in [4.69, 9.17) is 7.85 Å². The maximum atomic E-state index is 13.4. The Morgan fingerprint density at radius 3 is 2.55 bits per heavy atom. The number of halogens is 1. The number of nitriles is 1. The van der Waals surface area contributed by atoms with E-state index in [9.17, 15) is 19.2 Å². The molecule has 1 saturated carbocycles. The highest BCUT2D eigenvalue weighted by Crippen LogP contribution is 2.43. The van der Waals surface area contributed by atoms with Crippen LogP contribution in [0, 0.1) is 17.1 Å². The molecule has 2 aromatic rings. The first-order valence-electron chi connectivity index (χ1n) is 9.48. The van der Waals surface area contributed by atoms with E-state index in [2.05, 4.69) is 6.07 Å². The minimum absolute atomic E-state index is 0.0892. The fraction of sp³-hybridized carbons (Fsp3) is 0.318. The Hall–Kier alpha value is -3.14. The normalized spacial score (nSPS) is 18.3. The van der Waals surface area contributed by atoms with Gasteiger partial charge in [0.05, 0.1) is 17.3 Å². The summed E-state index contributed by atoms with van der Waals surface area (Å²) in [7, 11) is 5.90. The van der Waals surface area contributed by atoms with E-state index in [1.807, 2.05) is 0 Å². The van der Waals surface area contributed by atoms with Gasteiger partial charge in [-0.2, -0.15) is 5.26 Å². The van der Waals surface area contributed by atoms with Crippen LogP contribution < -0.4 is 10.4 Å². The highest BCUT2D eigenvalue weighted by atomic mass is 19.1. The monoisotopic (exact) mass is 387 g/mol. The quantitative estimate of drug-likeness (QED) is 0.598. The Morgan fingerprint density at radius 1 is 1.21 bits per heavy atom. The van der Waals surface area contributed by atoms with E-state index in [-0.39, 0.29) is 17.9 Å². The molecular formula is C22H19BFN3O2. The van der Waals surface area contributed by atoms with E-state index in [0.29, 0.717) is 22.7 Å². The number of benzene rings is 2. The maximum Gasteiger partial charge on any atom is 0.332 e. The molecule has 7 heteroatoms. The maximum absolute atomic E-state index is 13.4. The average molecular weight is 387 g/mol. The van der Waals surface area contributed by atoms with E-state index in [0.717, 1.165) is 23.3 Å². The molecule has 2 aromatic carbocycles. The number of imide groups is 1. The van der Waals surface area contributed by atoms with E-state index < -0.39 is 17.4 Å². The Morgan fingerprint density at radius 2 is 1.93 bits per heavy atom. The molecule has 0 atom stereocenters. The van der Waals surface area contributed by atoms with Crippen molar-refractivity contribution in [3.8, 4) is 6.07 Å². The van der Waals surface area contributed by atoms with Gasteiger partial charge >= 0.3 is 6.03 Å². The number of amides is 3. The number of hydrogen-bond acceptors (Lipinski definition) is 3. The van der Waals surface area contributed by atoms with Gasteiger partial charge in [-0.1, -0.05) is 11.5 Å². The van der Waals surface area contributed by atoms with Gasteiger partial charge in [0.15, 0.2) is 0 Å². The second-order valence-corrected chi connectivity index (χ2v) is 8.07. The first-order chi connectivity index (χ1) is 13.7. The first kappa shape index (κ1) is 19.2. The Bertz CT molecular complexity index is 1070. The van der Waals surface area contributed by atoms with E-state index in [1.54, 1.807) is 32.0 Å². The Labute approximate surface area is 170 Å². The molecule has 0 unspecified atom stereocenters. The van der Waals surface area contributed by atoms with Crippen molar-refractivity contribution in [2.75, 3.05) is 4.90 Å². The molecule has 1 saturated heterocycles. The summed E-state index contributed by atoms with van der Waals surface area (Å²) < 4.78 is 13.4. The smallest absolute Gasteiger partial charge is 0.305 e. The molecule has 1 aliphatic carbocycles. The van der Waals surface area contributed by atoms with Crippen molar-refractivity contribution in [3.05, 3.63) is 58.9 Å². The summed E-state index contributed by atoms with van der Waals surface area (Å²) in [5, 5.41) is 9.35. The summed E-state index contributed by atoms with van der Waals surface area (Å²) >= 11 is 0. The molecular weight excluding hydrogens is 368 g/mol. The second-order valence-electron chi connectivity index (χ2n) is 8.07. The first-order valence-corrected chi connectivity index (χ1v) is 9.48. The van der Waals surface area contributed by atoms with Crippen molar-refractivity contribution in [1.29, 1.82) is 5.26 Å². The summed E-state index contributed by atoms with van der Waals surface area (Å²) in [4.78, 5) is 29.0. The van der Waals surface area contributed by atoms with Crippen LogP contribution in [0.1, 0.15) is 49.3 Å². The predicted molar refractivity (Wildman–Crippen MR) is 107 cm³/mol. The summed E-state index contributed by atoms with van der Waals surface area (Å²) in [5.41, 5.74) is 1.62. The zero-order valence-corrected chi connectivity index (χ0v) is 16.3. The molecule has 5 nitrogen and oxygen atoms in total. The third-order valence-corrected chi connectivity index (χ3v) is 5.69. The van der Waals surface area contributed by atoms with Gasteiger partial charge in [0, 0.05) is 6.54 Å². The Balaban J connectivity index is 1.70. The van der Waals surface area contributed by atoms with Crippen molar-refractivity contribution in [3.63, 3.8) is 0 Å². The molecule has 3 amide bonds. The SMILES string of the molecule is [B]c1cc(F)ccc1CN1C(=O)N(c2ccc(C#N)c(C3CC3)c2)C(=O)C1(C)C. The zero-order valence-electron chi connectivity index (χ0n) is 16.3. The van der Waals surface area contributed by atoms with Gasteiger partial charge in [-0.25, -0.2) is 14.1 Å². The molecule has 0 spiro atoms. The van der Waals surface area contributed by atoms with Crippen LogP contribution in [0.3, 0.4) is 0 Å². The number of carbonyl (C=O) groups excluding carboxylic acids is 2. The van der Waals surface area contributed by atoms with Crippen molar-refractivity contribution in [1.82, 2.24) is 4.90 Å². The molecule has 1 heterocycles. The molecule has 0 bridgehead atoms. The number of anilines is 1. The average Bonchev–Trinajstić information content (AvgIpc) is 3.49. The predicted octanol–water partition coefficient (Wildman–Crippen LogP) is 3.12. The highest BCUT2D eigenvalue weighted by molar-refractivity contribution is 6.33. The van der Waals surface area contributed by atoms with Crippen LogP contribution in [-0.4, -0.2) is 30.2 Å². The van der Waals surface area contributed by atoms with Gasteiger partial charge in [-0.05, 0) is 74.1 Å². The lowest BCUT2D eigenvalue weighted by molar-refractivity contribution is -0.123. The number of rotatable bonds is 4. The van der Waals surface area contributed by atoms with Crippen LogP contribution in [0.4, 0.5) is 14.9 Å². The minimum Gasteiger partial charge on any atom is -0.305 e.